The second kappa shape index (κ2) is 5.26. The molecule has 1 aromatic rings. The summed E-state index contributed by atoms with van der Waals surface area (Å²) in [6.07, 6.45) is 0. The van der Waals surface area contributed by atoms with Crippen LogP contribution in [0.15, 0.2) is 6.07 Å². The molecule has 0 bridgehead atoms. The normalized spacial score (nSPS) is 10.1. The molecule has 0 saturated carbocycles. The summed E-state index contributed by atoms with van der Waals surface area (Å²) in [6.45, 7) is 2.10. The molecule has 1 aromatic heterocycles. The summed E-state index contributed by atoms with van der Waals surface area (Å²) in [5.74, 6) is 1.61. The lowest BCUT2D eigenvalue weighted by Gasteiger charge is -1.94. The molecule has 0 aromatic carbocycles. The average molecular weight is 231 g/mol. The zero-order chi connectivity index (χ0) is 10.6. The van der Waals surface area contributed by atoms with Crippen molar-refractivity contribution in [1.29, 1.82) is 0 Å². The van der Waals surface area contributed by atoms with Gasteiger partial charge in [-0.15, -0.1) is 11.3 Å². The molecule has 5 heteroatoms. The first-order valence-electron chi connectivity index (χ1n) is 4.23. The highest BCUT2D eigenvalue weighted by Crippen LogP contribution is 2.28. The Hall–Kier alpha value is -0.680. The fraction of sp³-hybridized carbons (Fsp3) is 0.444. The predicted molar refractivity (Wildman–Crippen MR) is 61.9 cm³/mol. The Morgan fingerprint density at radius 3 is 3.00 bits per heavy atom. The number of carbonyl (C=O) groups is 1. The fourth-order valence-electron chi connectivity index (χ4n) is 1.00. The number of hydrogen-bond acceptors (Lipinski definition) is 5. The lowest BCUT2D eigenvalue weighted by atomic mass is 10.3. The number of thioether (sulfide) groups is 1. The van der Waals surface area contributed by atoms with Gasteiger partial charge in [0, 0.05) is 10.6 Å². The molecule has 3 nitrogen and oxygen atoms in total. The Bertz CT molecular complexity index is 323. The van der Waals surface area contributed by atoms with Crippen molar-refractivity contribution in [2.75, 3.05) is 18.6 Å². The number of thiophene rings is 1. The first-order valence-corrected chi connectivity index (χ1v) is 6.20. The number of nitrogens with two attached hydrogens (primary N) is 1. The van der Waals surface area contributed by atoms with Crippen LogP contribution in [0, 0.1) is 0 Å². The quantitative estimate of drug-likeness (QED) is 0.808. The highest BCUT2D eigenvalue weighted by molar-refractivity contribution is 7.98. The molecule has 0 saturated heterocycles. The topological polar surface area (TPSA) is 52.3 Å². The van der Waals surface area contributed by atoms with Crippen molar-refractivity contribution in [3.63, 3.8) is 0 Å². The molecule has 78 valence electrons. The number of nitrogen functional groups attached to an aromatic ring is 1. The Kier molecular flexibility index (Phi) is 4.28. The molecule has 0 fully saturated rings. The van der Waals surface area contributed by atoms with Gasteiger partial charge in [0.2, 0.25) is 0 Å². The van der Waals surface area contributed by atoms with Crippen molar-refractivity contribution < 1.29 is 9.53 Å². The van der Waals surface area contributed by atoms with E-state index in [1.165, 1.54) is 18.4 Å². The van der Waals surface area contributed by atoms with E-state index >= 15 is 0 Å². The third-order valence-corrected chi connectivity index (χ3v) is 3.74. The second-order valence-electron chi connectivity index (χ2n) is 2.62. The van der Waals surface area contributed by atoms with Crippen LogP contribution in [0.3, 0.4) is 0 Å². The summed E-state index contributed by atoms with van der Waals surface area (Å²) in [5.41, 5.74) is 6.19. The van der Waals surface area contributed by atoms with E-state index in [1.54, 1.807) is 11.8 Å². The van der Waals surface area contributed by atoms with Crippen LogP contribution in [0.4, 0.5) is 5.00 Å². The van der Waals surface area contributed by atoms with Gasteiger partial charge < -0.3 is 10.5 Å². The smallest absolute Gasteiger partial charge is 0.340 e. The Labute approximate surface area is 91.6 Å². The van der Waals surface area contributed by atoms with Gasteiger partial charge in [0.1, 0.15) is 5.00 Å². The van der Waals surface area contributed by atoms with Crippen LogP contribution >= 0.6 is 23.1 Å². The first-order chi connectivity index (χ1) is 6.69. The number of hydrogen-bond donors (Lipinski definition) is 1. The van der Waals surface area contributed by atoms with E-state index in [0.717, 1.165) is 16.4 Å². The van der Waals surface area contributed by atoms with Gasteiger partial charge >= 0.3 is 5.97 Å². The largest absolute Gasteiger partial charge is 0.465 e. The number of ether oxygens (including phenoxy) is 1. The maximum Gasteiger partial charge on any atom is 0.340 e. The molecule has 0 atom stereocenters. The van der Waals surface area contributed by atoms with Gasteiger partial charge in [-0.3, -0.25) is 0 Å². The van der Waals surface area contributed by atoms with Crippen molar-refractivity contribution in [3.8, 4) is 0 Å². The highest BCUT2D eigenvalue weighted by atomic mass is 32.2. The minimum absolute atomic E-state index is 0.355. The summed E-state index contributed by atoms with van der Waals surface area (Å²) < 4.78 is 4.62. The molecular weight excluding hydrogens is 218 g/mol. The van der Waals surface area contributed by atoms with Crippen molar-refractivity contribution in [2.45, 2.75) is 12.7 Å². The lowest BCUT2D eigenvalue weighted by molar-refractivity contribution is 0.0602. The standard InChI is InChI=1S/C9H13NO2S2/c1-3-13-5-6-4-7(8(10)14-6)9(11)12-2/h4H,3,5,10H2,1-2H3. The predicted octanol–water partition coefficient (Wildman–Crippen LogP) is 2.37. The molecular formula is C9H13NO2S2. The molecule has 0 spiro atoms. The van der Waals surface area contributed by atoms with E-state index in [1.807, 2.05) is 6.07 Å². The minimum atomic E-state index is -0.355. The zero-order valence-corrected chi connectivity index (χ0v) is 9.83. The van der Waals surface area contributed by atoms with E-state index in [-0.39, 0.29) is 5.97 Å². The van der Waals surface area contributed by atoms with Gasteiger partial charge in [0.25, 0.3) is 0 Å². The number of carbonyl (C=O) groups excluding carboxylic acids is 1. The third-order valence-electron chi connectivity index (χ3n) is 1.67. The van der Waals surface area contributed by atoms with Crippen molar-refractivity contribution in [1.82, 2.24) is 0 Å². The fourth-order valence-corrected chi connectivity index (χ4v) is 2.69. The van der Waals surface area contributed by atoms with E-state index in [4.69, 9.17) is 5.73 Å². The van der Waals surface area contributed by atoms with Gasteiger partial charge in [-0.25, -0.2) is 4.79 Å². The second-order valence-corrected chi connectivity index (χ2v) is 5.06. The van der Waals surface area contributed by atoms with Gasteiger partial charge in [-0.05, 0) is 11.8 Å². The number of esters is 1. The van der Waals surface area contributed by atoms with E-state index in [2.05, 4.69) is 11.7 Å². The highest BCUT2D eigenvalue weighted by Gasteiger charge is 2.13. The van der Waals surface area contributed by atoms with Gasteiger partial charge in [-0.2, -0.15) is 11.8 Å². The number of methoxy groups -OCH3 is 1. The number of anilines is 1. The SMILES string of the molecule is CCSCc1cc(C(=O)OC)c(N)s1. The average Bonchev–Trinajstić information content (AvgIpc) is 2.55. The van der Waals surface area contributed by atoms with Crippen molar-refractivity contribution >= 4 is 34.1 Å². The van der Waals surface area contributed by atoms with Crippen molar-refractivity contribution in [3.05, 3.63) is 16.5 Å². The maximum absolute atomic E-state index is 11.2. The monoisotopic (exact) mass is 231 g/mol. The van der Waals surface area contributed by atoms with Crippen LogP contribution in [0.5, 0.6) is 0 Å². The van der Waals surface area contributed by atoms with Crippen LogP contribution in [0.1, 0.15) is 22.2 Å². The van der Waals surface area contributed by atoms with E-state index in [9.17, 15) is 4.79 Å². The van der Waals surface area contributed by atoms with E-state index < -0.39 is 0 Å². The molecule has 0 unspecified atom stereocenters. The molecule has 1 rings (SSSR count). The van der Waals surface area contributed by atoms with Crippen molar-refractivity contribution in [2.24, 2.45) is 0 Å². The van der Waals surface area contributed by atoms with E-state index in [0.29, 0.717) is 10.6 Å². The maximum atomic E-state index is 11.2. The molecule has 14 heavy (non-hydrogen) atoms. The summed E-state index contributed by atoms with van der Waals surface area (Å²) in [4.78, 5) is 12.3. The van der Waals surface area contributed by atoms with Crippen LogP contribution in [0.2, 0.25) is 0 Å². The summed E-state index contributed by atoms with van der Waals surface area (Å²) >= 11 is 3.26. The summed E-state index contributed by atoms with van der Waals surface area (Å²) in [5, 5.41) is 0.545. The van der Waals surface area contributed by atoms with Crippen LogP contribution < -0.4 is 5.73 Å². The summed E-state index contributed by atoms with van der Waals surface area (Å²) in [7, 11) is 1.36. The molecule has 0 aliphatic rings. The molecule has 0 aliphatic carbocycles. The summed E-state index contributed by atoms with van der Waals surface area (Å²) in [6, 6.07) is 1.81. The van der Waals surface area contributed by atoms with Crippen LogP contribution in [0.25, 0.3) is 0 Å². The first kappa shape index (κ1) is 11.4. The molecule has 1 heterocycles. The molecule has 2 N–H and O–H groups in total. The molecule has 0 radical (unpaired) electrons. The molecule has 0 amide bonds. The zero-order valence-electron chi connectivity index (χ0n) is 8.20. The lowest BCUT2D eigenvalue weighted by Crippen LogP contribution is -2.01. The van der Waals surface area contributed by atoms with Crippen LogP contribution in [-0.4, -0.2) is 18.8 Å². The van der Waals surface area contributed by atoms with Gasteiger partial charge in [0.15, 0.2) is 0 Å². The Morgan fingerprint density at radius 2 is 2.43 bits per heavy atom. The van der Waals surface area contributed by atoms with Gasteiger partial charge in [-0.1, -0.05) is 6.92 Å². The minimum Gasteiger partial charge on any atom is -0.465 e. The Balaban J connectivity index is 2.77. The number of rotatable bonds is 4. The Morgan fingerprint density at radius 1 is 1.71 bits per heavy atom. The molecule has 0 aliphatic heterocycles. The van der Waals surface area contributed by atoms with Crippen LogP contribution in [-0.2, 0) is 10.5 Å². The third kappa shape index (κ3) is 2.65. The van der Waals surface area contributed by atoms with Gasteiger partial charge in [0.05, 0.1) is 12.7 Å².